The molecule has 0 aliphatic carbocycles. The van der Waals surface area contributed by atoms with E-state index in [0.717, 1.165) is 10.0 Å². The number of methoxy groups -OCH3 is 2. The van der Waals surface area contributed by atoms with Gasteiger partial charge in [0.25, 0.3) is 5.91 Å². The van der Waals surface area contributed by atoms with Crippen LogP contribution in [-0.4, -0.2) is 45.9 Å². The van der Waals surface area contributed by atoms with Crippen molar-refractivity contribution < 1.29 is 28.5 Å². The van der Waals surface area contributed by atoms with Crippen LogP contribution in [0.25, 0.3) is 6.08 Å². The van der Waals surface area contributed by atoms with Gasteiger partial charge in [-0.15, -0.1) is 0 Å². The van der Waals surface area contributed by atoms with E-state index in [-0.39, 0.29) is 35.6 Å². The lowest BCUT2D eigenvalue weighted by molar-refractivity contribution is -0.136. The fourth-order valence-corrected chi connectivity index (χ4v) is 3.40. The Morgan fingerprint density at radius 1 is 1.09 bits per heavy atom. The zero-order valence-electron chi connectivity index (χ0n) is 20.4. The van der Waals surface area contributed by atoms with Crippen LogP contribution < -0.4 is 19.5 Å². The van der Waals surface area contributed by atoms with Crippen LogP contribution >= 0.6 is 15.9 Å². The Balaban J connectivity index is 2.11. The van der Waals surface area contributed by atoms with Crippen molar-refractivity contribution in [2.75, 3.05) is 34.0 Å². The fraction of sp³-hybridized carbons (Fsp3) is 0.346. The summed E-state index contributed by atoms with van der Waals surface area (Å²) >= 11 is 3.47. The maximum Gasteiger partial charge on any atom is 0.349 e. The van der Waals surface area contributed by atoms with Crippen molar-refractivity contribution in [3.8, 4) is 23.3 Å². The molecule has 1 amide bonds. The number of halogens is 1. The molecule has 0 aliphatic rings. The van der Waals surface area contributed by atoms with E-state index in [2.05, 4.69) is 42.0 Å². The molecule has 0 unspecified atom stereocenters. The monoisotopic (exact) mass is 544 g/mol. The number of nitrogens with zero attached hydrogens (tertiary/aromatic N) is 1. The third-order valence-electron chi connectivity index (χ3n) is 4.77. The predicted octanol–water partition coefficient (Wildman–Crippen LogP) is 4.41. The van der Waals surface area contributed by atoms with Crippen molar-refractivity contribution in [3.63, 3.8) is 0 Å². The maximum absolute atomic E-state index is 12.5. The van der Waals surface area contributed by atoms with Crippen molar-refractivity contribution in [3.05, 3.63) is 57.6 Å². The van der Waals surface area contributed by atoms with Gasteiger partial charge in [-0.2, -0.15) is 5.26 Å². The summed E-state index contributed by atoms with van der Waals surface area (Å²) in [6.45, 7) is 6.49. The number of nitrogens with one attached hydrogen (secondary N) is 1. The summed E-state index contributed by atoms with van der Waals surface area (Å²) in [6, 6.07) is 12.2. The van der Waals surface area contributed by atoms with Crippen LogP contribution in [0, 0.1) is 11.3 Å². The van der Waals surface area contributed by atoms with E-state index in [1.165, 1.54) is 26.4 Å². The van der Waals surface area contributed by atoms with Crippen molar-refractivity contribution in [2.45, 2.75) is 26.2 Å². The Labute approximate surface area is 213 Å². The molecule has 0 spiro atoms. The lowest BCUT2D eigenvalue weighted by atomic mass is 9.86. The quantitative estimate of drug-likeness (QED) is 0.155. The summed E-state index contributed by atoms with van der Waals surface area (Å²) in [5, 5.41) is 11.9. The molecule has 0 radical (unpaired) electrons. The molecular formula is C26H29BrN2O6. The van der Waals surface area contributed by atoms with E-state index in [9.17, 15) is 14.9 Å². The zero-order valence-corrected chi connectivity index (χ0v) is 22.0. The predicted molar refractivity (Wildman–Crippen MR) is 135 cm³/mol. The van der Waals surface area contributed by atoms with E-state index in [0.29, 0.717) is 17.9 Å². The number of esters is 1. The summed E-state index contributed by atoms with van der Waals surface area (Å²) < 4.78 is 22.3. The van der Waals surface area contributed by atoms with E-state index in [1.807, 2.05) is 18.2 Å². The van der Waals surface area contributed by atoms with E-state index >= 15 is 0 Å². The molecule has 0 bridgehead atoms. The first-order valence-corrected chi connectivity index (χ1v) is 11.6. The van der Waals surface area contributed by atoms with Crippen LogP contribution in [0.5, 0.6) is 17.2 Å². The minimum absolute atomic E-state index is 0.0783. The number of rotatable bonds is 10. The summed E-state index contributed by atoms with van der Waals surface area (Å²) in [7, 11) is 2.95. The van der Waals surface area contributed by atoms with E-state index in [4.69, 9.17) is 18.9 Å². The number of carbonyl (C=O) groups is 2. The number of hydrogen-bond donors (Lipinski definition) is 1. The topological polar surface area (TPSA) is 107 Å². The molecule has 2 aromatic rings. The molecule has 0 fully saturated rings. The summed E-state index contributed by atoms with van der Waals surface area (Å²) in [6.07, 6.45) is 1.42. The molecule has 9 heteroatoms. The van der Waals surface area contributed by atoms with Crippen molar-refractivity contribution in [1.82, 2.24) is 5.32 Å². The first kappa shape index (κ1) is 27.9. The number of amides is 1. The molecule has 0 heterocycles. The molecule has 0 saturated heterocycles. The van der Waals surface area contributed by atoms with Crippen LogP contribution in [0.4, 0.5) is 0 Å². The van der Waals surface area contributed by atoms with Crippen LogP contribution in [-0.2, 0) is 19.7 Å². The molecule has 0 saturated carbocycles. The van der Waals surface area contributed by atoms with Gasteiger partial charge in [-0.1, -0.05) is 42.8 Å². The Hall–Kier alpha value is -3.35. The van der Waals surface area contributed by atoms with Gasteiger partial charge in [0.1, 0.15) is 17.4 Å². The maximum atomic E-state index is 12.5. The van der Waals surface area contributed by atoms with Crippen LogP contribution in [0.15, 0.2) is 46.4 Å². The van der Waals surface area contributed by atoms with Crippen LogP contribution in [0.3, 0.4) is 0 Å². The average Bonchev–Trinajstić information content (AvgIpc) is 2.81. The van der Waals surface area contributed by atoms with E-state index < -0.39 is 11.9 Å². The van der Waals surface area contributed by atoms with Gasteiger partial charge in [0, 0.05) is 23.7 Å². The van der Waals surface area contributed by atoms with Gasteiger partial charge in [0.15, 0.2) is 18.1 Å². The van der Waals surface area contributed by atoms with Gasteiger partial charge in [-0.25, -0.2) is 4.79 Å². The molecular weight excluding hydrogens is 516 g/mol. The van der Waals surface area contributed by atoms with Gasteiger partial charge < -0.3 is 24.3 Å². The van der Waals surface area contributed by atoms with Gasteiger partial charge in [-0.05, 0) is 47.4 Å². The second-order valence-corrected chi connectivity index (χ2v) is 9.40. The van der Waals surface area contributed by atoms with Crippen LogP contribution in [0.2, 0.25) is 0 Å². The number of ether oxygens (including phenoxy) is 4. The summed E-state index contributed by atoms with van der Waals surface area (Å²) in [4.78, 5) is 24.6. The Kier molecular flexibility index (Phi) is 10.3. The fourth-order valence-electron chi connectivity index (χ4n) is 3.04. The highest BCUT2D eigenvalue weighted by Crippen LogP contribution is 2.34. The normalized spacial score (nSPS) is 11.4. The molecule has 2 aromatic carbocycles. The molecule has 0 aromatic heterocycles. The van der Waals surface area contributed by atoms with Gasteiger partial charge in [-0.3, -0.25) is 4.79 Å². The lowest BCUT2D eigenvalue weighted by Crippen LogP contribution is -2.27. The Morgan fingerprint density at radius 3 is 2.43 bits per heavy atom. The molecule has 2 rings (SSSR count). The first-order chi connectivity index (χ1) is 16.6. The standard InChI is InChI=1S/C26H29BrN2O6/c1-26(2,3)20-14-19(27)7-9-21(20)34-16-24(30)35-22-8-6-17(13-23(22)33-5)12-18(15-28)25(31)29-10-11-32-4/h6-9,12-14H,10-11,16H2,1-5H3,(H,29,31)/b18-12+. The molecule has 186 valence electrons. The van der Waals surface area contributed by atoms with Gasteiger partial charge in [0.2, 0.25) is 0 Å². The minimum atomic E-state index is -0.607. The van der Waals surface area contributed by atoms with Crippen LogP contribution in [0.1, 0.15) is 31.9 Å². The third-order valence-corrected chi connectivity index (χ3v) is 5.27. The SMILES string of the molecule is COCCNC(=O)/C(C#N)=C/c1ccc(OC(=O)COc2ccc(Br)cc2C(C)(C)C)c(OC)c1. The highest BCUT2D eigenvalue weighted by Gasteiger charge is 2.21. The number of nitriles is 1. The van der Waals surface area contributed by atoms with E-state index in [1.54, 1.807) is 18.2 Å². The second kappa shape index (κ2) is 12.9. The Bertz CT molecular complexity index is 1130. The number of carbonyl (C=O) groups excluding carboxylic acids is 2. The highest BCUT2D eigenvalue weighted by atomic mass is 79.9. The first-order valence-electron chi connectivity index (χ1n) is 10.8. The zero-order chi connectivity index (χ0) is 26.0. The average molecular weight is 545 g/mol. The second-order valence-electron chi connectivity index (χ2n) is 8.48. The Morgan fingerprint density at radius 2 is 1.80 bits per heavy atom. The third kappa shape index (κ3) is 8.42. The smallest absolute Gasteiger partial charge is 0.349 e. The molecule has 8 nitrogen and oxygen atoms in total. The van der Waals surface area contributed by atoms with Gasteiger partial charge in [0.05, 0.1) is 13.7 Å². The molecule has 1 N–H and O–H groups in total. The molecule has 0 atom stereocenters. The molecule has 35 heavy (non-hydrogen) atoms. The minimum Gasteiger partial charge on any atom is -0.493 e. The van der Waals surface area contributed by atoms with Gasteiger partial charge >= 0.3 is 5.97 Å². The largest absolute Gasteiger partial charge is 0.493 e. The summed E-state index contributed by atoms with van der Waals surface area (Å²) in [5.41, 5.74) is 1.22. The van der Waals surface area contributed by atoms with Crippen molar-refractivity contribution in [1.29, 1.82) is 5.26 Å². The van der Waals surface area contributed by atoms with Crippen molar-refractivity contribution >= 4 is 33.9 Å². The lowest BCUT2D eigenvalue weighted by Gasteiger charge is -2.23. The van der Waals surface area contributed by atoms with Crippen molar-refractivity contribution in [2.24, 2.45) is 0 Å². The number of hydrogen-bond acceptors (Lipinski definition) is 7. The highest BCUT2D eigenvalue weighted by molar-refractivity contribution is 9.10. The molecule has 0 aliphatic heterocycles. The summed E-state index contributed by atoms with van der Waals surface area (Å²) in [5.74, 6) is -0.0717. The number of benzene rings is 2.